The van der Waals surface area contributed by atoms with E-state index in [1.165, 1.54) is 19.2 Å². The lowest BCUT2D eigenvalue weighted by atomic mass is 10.3. The molecule has 0 saturated carbocycles. The molecule has 0 spiro atoms. The maximum absolute atomic E-state index is 11.9. The fourth-order valence-electron chi connectivity index (χ4n) is 1.14. The van der Waals surface area contributed by atoms with Crippen molar-refractivity contribution in [2.24, 2.45) is 0 Å². The highest BCUT2D eigenvalue weighted by molar-refractivity contribution is 7.89. The van der Waals surface area contributed by atoms with Crippen molar-refractivity contribution in [3.8, 4) is 0 Å². The maximum Gasteiger partial charge on any atom is 0.244 e. The van der Waals surface area contributed by atoms with Crippen molar-refractivity contribution in [1.29, 1.82) is 0 Å². The molecule has 0 aliphatic heterocycles. The van der Waals surface area contributed by atoms with Gasteiger partial charge in [-0.05, 0) is 12.1 Å². The highest BCUT2D eigenvalue weighted by Gasteiger charge is 2.21. The first-order valence-electron chi connectivity index (χ1n) is 4.42. The van der Waals surface area contributed by atoms with E-state index in [1.807, 2.05) is 0 Å². The van der Waals surface area contributed by atoms with Crippen LogP contribution in [0.25, 0.3) is 0 Å². The molecule has 0 saturated heterocycles. The molecule has 0 aromatic heterocycles. The number of rotatable bonds is 4. The first kappa shape index (κ1) is 12.0. The quantitative estimate of drug-likeness (QED) is 0.706. The summed E-state index contributed by atoms with van der Waals surface area (Å²) in [5.41, 5.74) is 5.78. The first-order chi connectivity index (χ1) is 7.00. The summed E-state index contributed by atoms with van der Waals surface area (Å²) in [6.07, 6.45) is 0. The topological polar surface area (TPSA) is 83.6 Å². The van der Waals surface area contributed by atoms with E-state index in [0.717, 1.165) is 4.31 Å². The molecule has 0 aliphatic rings. The molecule has 15 heavy (non-hydrogen) atoms. The van der Waals surface area contributed by atoms with Crippen molar-refractivity contribution >= 4 is 15.7 Å². The third-order valence-corrected chi connectivity index (χ3v) is 3.95. The van der Waals surface area contributed by atoms with Gasteiger partial charge in [0, 0.05) is 13.6 Å². The fraction of sp³-hybridized carbons (Fsp3) is 0.333. The standard InChI is InChI=1S/C9H14N2O3S/c1-11(6-7-12)15(13,14)9-5-3-2-4-8(9)10/h2-5,12H,6-7,10H2,1H3. The van der Waals surface area contributed by atoms with E-state index in [1.54, 1.807) is 12.1 Å². The summed E-state index contributed by atoms with van der Waals surface area (Å²) >= 11 is 0. The third-order valence-electron chi connectivity index (χ3n) is 2.02. The second-order valence-electron chi connectivity index (χ2n) is 3.09. The molecular weight excluding hydrogens is 216 g/mol. The molecule has 1 aromatic carbocycles. The summed E-state index contributed by atoms with van der Waals surface area (Å²) in [6, 6.07) is 6.24. The van der Waals surface area contributed by atoms with Crippen molar-refractivity contribution < 1.29 is 13.5 Å². The zero-order valence-corrected chi connectivity index (χ0v) is 9.24. The minimum atomic E-state index is -3.58. The van der Waals surface area contributed by atoms with Crippen LogP contribution in [0.2, 0.25) is 0 Å². The maximum atomic E-state index is 11.9. The number of hydrogen-bond acceptors (Lipinski definition) is 4. The number of hydrogen-bond donors (Lipinski definition) is 2. The minimum Gasteiger partial charge on any atom is -0.398 e. The molecule has 1 rings (SSSR count). The van der Waals surface area contributed by atoms with Gasteiger partial charge < -0.3 is 10.8 Å². The Hall–Kier alpha value is -1.11. The number of nitrogens with two attached hydrogens (primary N) is 1. The van der Waals surface area contributed by atoms with Crippen molar-refractivity contribution in [2.45, 2.75) is 4.90 Å². The highest BCUT2D eigenvalue weighted by atomic mass is 32.2. The van der Waals surface area contributed by atoms with Crippen LogP contribution in [0.5, 0.6) is 0 Å². The third kappa shape index (κ3) is 2.47. The van der Waals surface area contributed by atoms with Gasteiger partial charge in [-0.15, -0.1) is 0 Å². The van der Waals surface area contributed by atoms with Crippen LogP contribution in [0.3, 0.4) is 0 Å². The van der Waals surface area contributed by atoms with Crippen molar-refractivity contribution in [1.82, 2.24) is 4.31 Å². The molecule has 3 N–H and O–H groups in total. The van der Waals surface area contributed by atoms with Crippen LogP contribution in [0.4, 0.5) is 5.69 Å². The molecule has 5 nitrogen and oxygen atoms in total. The Morgan fingerprint density at radius 3 is 2.53 bits per heavy atom. The van der Waals surface area contributed by atoms with E-state index < -0.39 is 10.0 Å². The average Bonchev–Trinajstić information content (AvgIpc) is 2.18. The van der Waals surface area contributed by atoms with Crippen molar-refractivity contribution in [3.63, 3.8) is 0 Å². The zero-order chi connectivity index (χ0) is 11.5. The van der Waals surface area contributed by atoms with Gasteiger partial charge in [-0.1, -0.05) is 12.1 Å². The lowest BCUT2D eigenvalue weighted by molar-refractivity contribution is 0.266. The van der Waals surface area contributed by atoms with Gasteiger partial charge in [0.15, 0.2) is 0 Å². The van der Waals surface area contributed by atoms with Crippen molar-refractivity contribution in [2.75, 3.05) is 25.9 Å². The summed E-state index contributed by atoms with van der Waals surface area (Å²) in [4.78, 5) is 0.0703. The highest BCUT2D eigenvalue weighted by Crippen LogP contribution is 2.20. The second-order valence-corrected chi connectivity index (χ2v) is 5.10. The summed E-state index contributed by atoms with van der Waals surface area (Å²) in [7, 11) is -2.18. The molecule has 1 aromatic rings. The fourth-order valence-corrected chi connectivity index (χ4v) is 2.42. The van der Waals surface area contributed by atoms with Gasteiger partial charge in [-0.3, -0.25) is 0 Å². The van der Waals surface area contributed by atoms with Gasteiger partial charge in [-0.2, -0.15) is 4.31 Å². The number of nitrogen functional groups attached to an aromatic ring is 1. The summed E-state index contributed by atoms with van der Waals surface area (Å²) < 4.78 is 24.8. The van der Waals surface area contributed by atoms with Crippen LogP contribution in [0.1, 0.15) is 0 Å². The smallest absolute Gasteiger partial charge is 0.244 e. The molecule has 0 aliphatic carbocycles. The van der Waals surface area contributed by atoms with Crippen LogP contribution in [-0.4, -0.2) is 38.0 Å². The molecule has 0 amide bonds. The van der Waals surface area contributed by atoms with Gasteiger partial charge in [0.25, 0.3) is 0 Å². The van der Waals surface area contributed by atoms with Crippen LogP contribution < -0.4 is 5.73 Å². The number of sulfonamides is 1. The number of aliphatic hydroxyl groups is 1. The molecule has 84 valence electrons. The van der Waals surface area contributed by atoms with E-state index in [2.05, 4.69) is 0 Å². The first-order valence-corrected chi connectivity index (χ1v) is 5.86. The minimum absolute atomic E-state index is 0.0522. The average molecular weight is 230 g/mol. The van der Waals surface area contributed by atoms with E-state index in [9.17, 15) is 8.42 Å². The Labute approximate surface area is 89.2 Å². The monoisotopic (exact) mass is 230 g/mol. The van der Waals surface area contributed by atoms with Gasteiger partial charge in [0.2, 0.25) is 10.0 Å². The molecule has 0 fully saturated rings. The second kappa shape index (κ2) is 4.61. The van der Waals surface area contributed by atoms with E-state index in [-0.39, 0.29) is 23.7 Å². The predicted octanol–water partition coefficient (Wildman–Crippen LogP) is -0.118. The normalized spacial score (nSPS) is 11.9. The molecule has 0 heterocycles. The Kier molecular flexibility index (Phi) is 3.67. The van der Waals surface area contributed by atoms with Crippen molar-refractivity contribution in [3.05, 3.63) is 24.3 Å². The Morgan fingerprint density at radius 2 is 2.00 bits per heavy atom. The molecule has 0 bridgehead atoms. The van der Waals surface area contributed by atoms with E-state index >= 15 is 0 Å². The molecule has 0 radical (unpaired) electrons. The zero-order valence-electron chi connectivity index (χ0n) is 8.42. The van der Waals surface area contributed by atoms with Gasteiger partial charge in [-0.25, -0.2) is 8.42 Å². The SMILES string of the molecule is CN(CCO)S(=O)(=O)c1ccccc1N. The van der Waals surface area contributed by atoms with E-state index in [0.29, 0.717) is 0 Å². The van der Waals surface area contributed by atoms with Crippen LogP contribution >= 0.6 is 0 Å². The van der Waals surface area contributed by atoms with Crippen LogP contribution in [-0.2, 0) is 10.0 Å². The predicted molar refractivity (Wildman–Crippen MR) is 57.8 cm³/mol. The molecular formula is C9H14N2O3S. The number of anilines is 1. The van der Waals surface area contributed by atoms with Crippen LogP contribution in [0.15, 0.2) is 29.2 Å². The number of benzene rings is 1. The lowest BCUT2D eigenvalue weighted by Crippen LogP contribution is -2.30. The Morgan fingerprint density at radius 1 is 1.40 bits per heavy atom. The van der Waals surface area contributed by atoms with Gasteiger partial charge >= 0.3 is 0 Å². The Bertz CT molecular complexity index is 431. The van der Waals surface area contributed by atoms with E-state index in [4.69, 9.17) is 10.8 Å². The number of nitrogens with zero attached hydrogens (tertiary/aromatic N) is 1. The van der Waals surface area contributed by atoms with Gasteiger partial charge in [0.1, 0.15) is 4.90 Å². The van der Waals surface area contributed by atoms with Crippen LogP contribution in [0, 0.1) is 0 Å². The lowest BCUT2D eigenvalue weighted by Gasteiger charge is -2.16. The largest absolute Gasteiger partial charge is 0.398 e. The number of likely N-dealkylation sites (N-methyl/N-ethyl adjacent to an activating group) is 1. The Balaban J connectivity index is 3.12. The summed E-state index contributed by atoms with van der Waals surface area (Å²) in [6.45, 7) is -0.168. The number of aliphatic hydroxyl groups excluding tert-OH is 1. The summed E-state index contributed by atoms with van der Waals surface area (Å²) in [5, 5.41) is 8.68. The van der Waals surface area contributed by atoms with Gasteiger partial charge in [0.05, 0.1) is 12.3 Å². The molecule has 6 heteroatoms. The number of para-hydroxylation sites is 1. The molecule has 0 atom stereocenters. The molecule has 0 unspecified atom stereocenters. The summed E-state index contributed by atoms with van der Waals surface area (Å²) in [5.74, 6) is 0.